The lowest BCUT2D eigenvalue weighted by Crippen LogP contribution is -2.40. The maximum absolute atomic E-state index is 14.1. The standard InChI is InChI=1S/C18H22FNO4S/c1-4-24-16-11-7-8-12-17(16)25(21,22)20-13-18(2,23-3)14-9-5-6-10-15(14)19/h5-12,20H,4,13H2,1-3H3. The van der Waals surface area contributed by atoms with Crippen molar-refractivity contribution in [2.24, 2.45) is 0 Å². The first-order valence-electron chi connectivity index (χ1n) is 7.85. The highest BCUT2D eigenvalue weighted by molar-refractivity contribution is 7.89. The molecule has 0 aromatic heterocycles. The van der Waals surface area contributed by atoms with Crippen LogP contribution in [0.5, 0.6) is 5.75 Å². The molecule has 0 aliphatic heterocycles. The van der Waals surface area contributed by atoms with Crippen molar-refractivity contribution in [3.8, 4) is 5.75 Å². The van der Waals surface area contributed by atoms with Gasteiger partial charge in [-0.3, -0.25) is 0 Å². The lowest BCUT2D eigenvalue weighted by Gasteiger charge is -2.29. The Morgan fingerprint density at radius 2 is 1.76 bits per heavy atom. The summed E-state index contributed by atoms with van der Waals surface area (Å²) in [7, 11) is -2.44. The maximum Gasteiger partial charge on any atom is 0.244 e. The molecule has 1 atom stereocenters. The molecule has 2 aromatic rings. The van der Waals surface area contributed by atoms with Gasteiger partial charge in [-0.2, -0.15) is 0 Å². The fourth-order valence-electron chi connectivity index (χ4n) is 2.42. The maximum atomic E-state index is 14.1. The first-order chi connectivity index (χ1) is 11.8. The van der Waals surface area contributed by atoms with E-state index in [2.05, 4.69) is 4.72 Å². The minimum Gasteiger partial charge on any atom is -0.492 e. The highest BCUT2D eigenvalue weighted by Gasteiger charge is 2.32. The molecule has 2 rings (SSSR count). The van der Waals surface area contributed by atoms with Gasteiger partial charge in [-0.05, 0) is 32.0 Å². The molecule has 0 fully saturated rings. The third-order valence-corrected chi connectivity index (χ3v) is 5.37. The van der Waals surface area contributed by atoms with Crippen LogP contribution in [0.2, 0.25) is 0 Å². The molecule has 5 nitrogen and oxygen atoms in total. The summed E-state index contributed by atoms with van der Waals surface area (Å²) < 4.78 is 52.7. The van der Waals surface area contributed by atoms with Crippen LogP contribution in [-0.2, 0) is 20.4 Å². The van der Waals surface area contributed by atoms with Gasteiger partial charge in [-0.25, -0.2) is 17.5 Å². The molecule has 0 spiro atoms. The van der Waals surface area contributed by atoms with Crippen LogP contribution >= 0.6 is 0 Å². The first kappa shape index (κ1) is 19.4. The molecule has 0 amide bonds. The van der Waals surface area contributed by atoms with Crippen molar-refractivity contribution in [3.63, 3.8) is 0 Å². The lowest BCUT2D eigenvalue weighted by atomic mass is 9.95. The molecule has 7 heteroatoms. The summed E-state index contributed by atoms with van der Waals surface area (Å²) in [6, 6.07) is 12.5. The van der Waals surface area contributed by atoms with E-state index < -0.39 is 21.4 Å². The molecule has 0 saturated heterocycles. The Labute approximate surface area is 147 Å². The average Bonchev–Trinajstić information content (AvgIpc) is 2.61. The molecule has 0 heterocycles. The molecule has 0 aliphatic rings. The average molecular weight is 367 g/mol. The molecule has 0 saturated carbocycles. The molecule has 25 heavy (non-hydrogen) atoms. The van der Waals surface area contributed by atoms with E-state index in [-0.39, 0.29) is 22.8 Å². The van der Waals surface area contributed by atoms with E-state index in [0.29, 0.717) is 6.61 Å². The highest BCUT2D eigenvalue weighted by atomic mass is 32.2. The summed E-state index contributed by atoms with van der Waals surface area (Å²) in [4.78, 5) is 0.0313. The molecule has 1 N–H and O–H groups in total. The Morgan fingerprint density at radius 3 is 2.40 bits per heavy atom. The van der Waals surface area contributed by atoms with Crippen molar-refractivity contribution >= 4 is 10.0 Å². The quantitative estimate of drug-likeness (QED) is 0.779. The summed E-state index contributed by atoms with van der Waals surface area (Å²) >= 11 is 0. The van der Waals surface area contributed by atoms with Crippen LogP contribution in [0.4, 0.5) is 4.39 Å². The van der Waals surface area contributed by atoms with Gasteiger partial charge >= 0.3 is 0 Å². The van der Waals surface area contributed by atoms with Gasteiger partial charge in [-0.1, -0.05) is 30.3 Å². The first-order valence-corrected chi connectivity index (χ1v) is 9.34. The number of benzene rings is 2. The summed E-state index contributed by atoms with van der Waals surface area (Å²) in [5.41, 5.74) is -0.878. The molecule has 2 aromatic carbocycles. The molecular formula is C18H22FNO4S. The zero-order valence-corrected chi connectivity index (χ0v) is 15.3. The van der Waals surface area contributed by atoms with E-state index >= 15 is 0 Å². The predicted octanol–water partition coefficient (Wildman–Crippen LogP) is 3.06. The zero-order chi connectivity index (χ0) is 18.5. The second-order valence-electron chi connectivity index (χ2n) is 5.62. The molecular weight excluding hydrogens is 345 g/mol. The fourth-order valence-corrected chi connectivity index (χ4v) is 3.70. The van der Waals surface area contributed by atoms with E-state index in [1.807, 2.05) is 0 Å². The molecule has 1 unspecified atom stereocenters. The minimum absolute atomic E-state index is 0.0313. The van der Waals surface area contributed by atoms with E-state index in [1.165, 1.54) is 19.2 Å². The fraction of sp³-hybridized carbons (Fsp3) is 0.333. The molecule has 0 radical (unpaired) electrons. The number of ether oxygens (including phenoxy) is 2. The molecule has 0 bridgehead atoms. The summed E-state index contributed by atoms with van der Waals surface area (Å²) in [5.74, 6) is -0.191. The smallest absolute Gasteiger partial charge is 0.244 e. The number of para-hydroxylation sites is 1. The van der Waals surface area contributed by atoms with Gasteiger partial charge in [0.2, 0.25) is 10.0 Å². The SMILES string of the molecule is CCOc1ccccc1S(=O)(=O)NCC(C)(OC)c1ccccc1F. The largest absolute Gasteiger partial charge is 0.492 e. The molecule has 136 valence electrons. The second kappa shape index (κ2) is 7.95. The van der Waals surface area contributed by atoms with Gasteiger partial charge < -0.3 is 9.47 Å². The lowest BCUT2D eigenvalue weighted by molar-refractivity contribution is 0.00409. The molecule has 0 aliphatic carbocycles. The number of sulfonamides is 1. The van der Waals surface area contributed by atoms with Gasteiger partial charge in [0.05, 0.1) is 6.61 Å². The third kappa shape index (κ3) is 4.36. The van der Waals surface area contributed by atoms with Crippen LogP contribution in [0.15, 0.2) is 53.4 Å². The van der Waals surface area contributed by atoms with Crippen LogP contribution in [0.25, 0.3) is 0 Å². The number of hydrogen-bond acceptors (Lipinski definition) is 4. The Bertz CT molecular complexity index is 825. The van der Waals surface area contributed by atoms with Crippen molar-refractivity contribution in [1.82, 2.24) is 4.72 Å². The minimum atomic E-state index is -3.85. The number of halogens is 1. The van der Waals surface area contributed by atoms with Crippen molar-refractivity contribution in [2.45, 2.75) is 24.3 Å². The number of hydrogen-bond donors (Lipinski definition) is 1. The van der Waals surface area contributed by atoms with Crippen molar-refractivity contribution in [2.75, 3.05) is 20.3 Å². The Morgan fingerprint density at radius 1 is 1.12 bits per heavy atom. The van der Waals surface area contributed by atoms with Gasteiger partial charge in [0.25, 0.3) is 0 Å². The van der Waals surface area contributed by atoms with Crippen molar-refractivity contribution in [3.05, 3.63) is 59.9 Å². The number of nitrogens with one attached hydrogen (secondary N) is 1. The van der Waals surface area contributed by atoms with Crippen LogP contribution in [0.3, 0.4) is 0 Å². The Kier molecular flexibility index (Phi) is 6.16. The van der Waals surface area contributed by atoms with Crippen LogP contribution in [-0.4, -0.2) is 28.7 Å². The topological polar surface area (TPSA) is 64.6 Å². The summed E-state index contributed by atoms with van der Waals surface area (Å²) in [5, 5.41) is 0. The van der Waals surface area contributed by atoms with Gasteiger partial charge in [0.1, 0.15) is 22.1 Å². The van der Waals surface area contributed by atoms with Crippen LogP contribution in [0.1, 0.15) is 19.4 Å². The predicted molar refractivity (Wildman–Crippen MR) is 93.6 cm³/mol. The third-order valence-electron chi connectivity index (χ3n) is 3.93. The monoisotopic (exact) mass is 367 g/mol. The van der Waals surface area contributed by atoms with Gasteiger partial charge in [0.15, 0.2) is 0 Å². The van der Waals surface area contributed by atoms with Crippen molar-refractivity contribution < 1.29 is 22.3 Å². The Hall–Kier alpha value is -1.96. The van der Waals surface area contributed by atoms with Crippen LogP contribution < -0.4 is 9.46 Å². The zero-order valence-electron chi connectivity index (χ0n) is 14.5. The van der Waals surface area contributed by atoms with E-state index in [1.54, 1.807) is 50.2 Å². The van der Waals surface area contributed by atoms with E-state index in [9.17, 15) is 12.8 Å². The van der Waals surface area contributed by atoms with Gasteiger partial charge in [-0.15, -0.1) is 0 Å². The highest BCUT2D eigenvalue weighted by Crippen LogP contribution is 2.28. The van der Waals surface area contributed by atoms with Crippen LogP contribution in [0, 0.1) is 5.82 Å². The normalized spacial score (nSPS) is 14.1. The Balaban J connectivity index is 2.28. The van der Waals surface area contributed by atoms with Crippen molar-refractivity contribution in [1.29, 1.82) is 0 Å². The summed E-state index contributed by atoms with van der Waals surface area (Å²) in [6.07, 6.45) is 0. The number of methoxy groups -OCH3 is 1. The van der Waals surface area contributed by atoms with E-state index in [4.69, 9.17) is 9.47 Å². The van der Waals surface area contributed by atoms with Gasteiger partial charge in [0, 0.05) is 19.2 Å². The van der Waals surface area contributed by atoms with E-state index in [0.717, 1.165) is 0 Å². The second-order valence-corrected chi connectivity index (χ2v) is 7.35. The number of rotatable bonds is 8. The summed E-state index contributed by atoms with van der Waals surface area (Å²) in [6.45, 7) is 3.62.